The lowest BCUT2D eigenvalue weighted by atomic mass is 10.1. The van der Waals surface area contributed by atoms with Gasteiger partial charge in [0, 0.05) is 22.3 Å². The van der Waals surface area contributed by atoms with Crippen molar-refractivity contribution in [3.8, 4) is 0 Å². The minimum atomic E-state index is 0.123. The lowest BCUT2D eigenvalue weighted by Crippen LogP contribution is -2.39. The zero-order valence-electron chi connectivity index (χ0n) is 13.3. The van der Waals surface area contributed by atoms with E-state index in [0.29, 0.717) is 6.04 Å². The van der Waals surface area contributed by atoms with E-state index >= 15 is 0 Å². The highest BCUT2D eigenvalue weighted by molar-refractivity contribution is 7.12. The molecule has 2 atom stereocenters. The summed E-state index contributed by atoms with van der Waals surface area (Å²) < 4.78 is 0. The zero-order valence-corrected chi connectivity index (χ0v) is 14.1. The SMILES string of the molecule is CCCN(Cc1ccccc1)C(c1ccc(C)s1)C(C)N. The van der Waals surface area contributed by atoms with Gasteiger partial charge in [0.2, 0.25) is 0 Å². The van der Waals surface area contributed by atoms with Gasteiger partial charge in [-0.3, -0.25) is 4.90 Å². The van der Waals surface area contributed by atoms with Crippen LogP contribution in [0.2, 0.25) is 0 Å². The predicted octanol–water partition coefficient (Wildman–Crippen LogP) is 4.36. The average Bonchev–Trinajstić information content (AvgIpc) is 2.86. The third kappa shape index (κ3) is 4.40. The second-order valence-electron chi connectivity index (χ2n) is 5.71. The van der Waals surface area contributed by atoms with Gasteiger partial charge in [-0.15, -0.1) is 11.3 Å². The van der Waals surface area contributed by atoms with Crippen LogP contribution in [-0.4, -0.2) is 17.5 Å². The number of rotatable bonds is 7. The molecule has 0 radical (unpaired) electrons. The maximum absolute atomic E-state index is 6.33. The third-order valence-corrected chi connectivity index (χ3v) is 4.75. The molecule has 0 amide bonds. The molecule has 1 heterocycles. The molecule has 2 nitrogen and oxygen atoms in total. The summed E-state index contributed by atoms with van der Waals surface area (Å²) in [6.45, 7) is 8.53. The highest BCUT2D eigenvalue weighted by Crippen LogP contribution is 2.31. The van der Waals surface area contributed by atoms with E-state index in [4.69, 9.17) is 5.73 Å². The summed E-state index contributed by atoms with van der Waals surface area (Å²) >= 11 is 1.87. The smallest absolute Gasteiger partial charge is 0.0593 e. The Labute approximate surface area is 132 Å². The van der Waals surface area contributed by atoms with E-state index in [0.717, 1.165) is 19.5 Å². The molecule has 1 aromatic carbocycles. The van der Waals surface area contributed by atoms with Gasteiger partial charge in [0.25, 0.3) is 0 Å². The van der Waals surface area contributed by atoms with E-state index in [-0.39, 0.29) is 6.04 Å². The maximum atomic E-state index is 6.33. The Morgan fingerprint density at radius 2 is 1.86 bits per heavy atom. The molecule has 1 aromatic heterocycles. The molecule has 2 rings (SSSR count). The fourth-order valence-corrected chi connectivity index (χ4v) is 3.93. The van der Waals surface area contributed by atoms with Gasteiger partial charge in [0.05, 0.1) is 6.04 Å². The molecular weight excluding hydrogens is 276 g/mol. The summed E-state index contributed by atoms with van der Waals surface area (Å²) in [6, 6.07) is 15.5. The number of benzene rings is 1. The summed E-state index contributed by atoms with van der Waals surface area (Å²) in [5.74, 6) is 0. The molecule has 2 unspecified atom stereocenters. The summed E-state index contributed by atoms with van der Waals surface area (Å²) in [5, 5.41) is 0. The van der Waals surface area contributed by atoms with Crippen LogP contribution in [0, 0.1) is 6.92 Å². The van der Waals surface area contributed by atoms with Gasteiger partial charge < -0.3 is 5.73 Å². The van der Waals surface area contributed by atoms with Crippen molar-refractivity contribution in [1.82, 2.24) is 4.90 Å². The van der Waals surface area contributed by atoms with Crippen molar-refractivity contribution in [3.05, 3.63) is 57.8 Å². The van der Waals surface area contributed by atoms with E-state index < -0.39 is 0 Å². The van der Waals surface area contributed by atoms with E-state index in [2.05, 4.69) is 68.1 Å². The first-order valence-electron chi connectivity index (χ1n) is 7.71. The first kappa shape index (κ1) is 16.2. The van der Waals surface area contributed by atoms with Crippen molar-refractivity contribution in [2.24, 2.45) is 5.73 Å². The van der Waals surface area contributed by atoms with Crippen LogP contribution in [0.5, 0.6) is 0 Å². The molecule has 0 spiro atoms. The Kier molecular flexibility index (Phi) is 5.97. The second kappa shape index (κ2) is 7.74. The zero-order chi connectivity index (χ0) is 15.2. The van der Waals surface area contributed by atoms with Gasteiger partial charge in [-0.1, -0.05) is 37.3 Å². The van der Waals surface area contributed by atoms with E-state index in [1.807, 2.05) is 11.3 Å². The Bertz CT molecular complexity index is 533. The molecule has 0 aliphatic rings. The second-order valence-corrected chi connectivity index (χ2v) is 7.03. The van der Waals surface area contributed by atoms with Crippen molar-refractivity contribution in [2.45, 2.75) is 45.8 Å². The van der Waals surface area contributed by atoms with Gasteiger partial charge in [0.1, 0.15) is 0 Å². The Morgan fingerprint density at radius 1 is 1.14 bits per heavy atom. The normalized spacial score (nSPS) is 14.3. The minimum absolute atomic E-state index is 0.123. The van der Waals surface area contributed by atoms with Gasteiger partial charge in [-0.05, 0) is 44.5 Å². The molecular formula is C18H26N2S. The summed E-state index contributed by atoms with van der Waals surface area (Å²) in [5.41, 5.74) is 7.68. The highest BCUT2D eigenvalue weighted by atomic mass is 32.1. The molecule has 0 fully saturated rings. The molecule has 21 heavy (non-hydrogen) atoms. The maximum Gasteiger partial charge on any atom is 0.0593 e. The molecule has 0 saturated carbocycles. The van der Waals surface area contributed by atoms with Crippen LogP contribution in [0.3, 0.4) is 0 Å². The number of hydrogen-bond acceptors (Lipinski definition) is 3. The molecule has 2 N–H and O–H groups in total. The summed E-state index contributed by atoms with van der Waals surface area (Å²) in [6.07, 6.45) is 1.14. The van der Waals surface area contributed by atoms with Crippen molar-refractivity contribution >= 4 is 11.3 Å². The number of thiophene rings is 1. The molecule has 0 aliphatic heterocycles. The minimum Gasteiger partial charge on any atom is -0.326 e. The third-order valence-electron chi connectivity index (χ3n) is 3.68. The van der Waals surface area contributed by atoms with Gasteiger partial charge >= 0.3 is 0 Å². The van der Waals surface area contributed by atoms with E-state index in [1.54, 1.807) is 0 Å². The molecule has 3 heteroatoms. The predicted molar refractivity (Wildman–Crippen MR) is 92.6 cm³/mol. The van der Waals surface area contributed by atoms with E-state index in [1.165, 1.54) is 15.3 Å². The Morgan fingerprint density at radius 3 is 2.38 bits per heavy atom. The standard InChI is InChI=1S/C18H26N2S/c1-4-12-20(13-16-8-6-5-7-9-16)18(15(3)19)17-11-10-14(2)21-17/h5-11,15,18H,4,12-13,19H2,1-3H3. The lowest BCUT2D eigenvalue weighted by molar-refractivity contribution is 0.170. The Balaban J connectivity index is 2.24. The molecule has 0 bridgehead atoms. The van der Waals surface area contributed by atoms with E-state index in [9.17, 15) is 0 Å². The van der Waals surface area contributed by atoms with Crippen molar-refractivity contribution in [1.29, 1.82) is 0 Å². The summed E-state index contributed by atoms with van der Waals surface area (Å²) in [4.78, 5) is 5.25. The largest absolute Gasteiger partial charge is 0.326 e. The van der Waals surface area contributed by atoms with Crippen molar-refractivity contribution < 1.29 is 0 Å². The van der Waals surface area contributed by atoms with Crippen molar-refractivity contribution in [3.63, 3.8) is 0 Å². The fourth-order valence-electron chi connectivity index (χ4n) is 2.81. The number of nitrogens with two attached hydrogens (primary N) is 1. The van der Waals surface area contributed by atoms with Gasteiger partial charge in [-0.2, -0.15) is 0 Å². The molecule has 114 valence electrons. The number of aryl methyl sites for hydroxylation is 1. The average molecular weight is 302 g/mol. The van der Waals surface area contributed by atoms with Crippen LogP contribution in [0.4, 0.5) is 0 Å². The number of nitrogens with zero attached hydrogens (tertiary/aromatic N) is 1. The van der Waals surface area contributed by atoms with Crippen LogP contribution in [0.25, 0.3) is 0 Å². The quantitative estimate of drug-likeness (QED) is 0.823. The van der Waals surface area contributed by atoms with Crippen LogP contribution in [-0.2, 0) is 6.54 Å². The molecule has 0 saturated heterocycles. The Hall–Kier alpha value is -1.16. The molecule has 2 aromatic rings. The van der Waals surface area contributed by atoms with Crippen LogP contribution in [0.15, 0.2) is 42.5 Å². The lowest BCUT2D eigenvalue weighted by Gasteiger charge is -2.33. The molecule has 0 aliphatic carbocycles. The van der Waals surface area contributed by atoms with Crippen LogP contribution >= 0.6 is 11.3 Å². The topological polar surface area (TPSA) is 29.3 Å². The fraction of sp³-hybridized carbons (Fsp3) is 0.444. The first-order valence-corrected chi connectivity index (χ1v) is 8.53. The van der Waals surface area contributed by atoms with Crippen LogP contribution in [0.1, 0.15) is 41.6 Å². The van der Waals surface area contributed by atoms with Gasteiger partial charge in [0.15, 0.2) is 0 Å². The summed E-state index contributed by atoms with van der Waals surface area (Å²) in [7, 11) is 0. The van der Waals surface area contributed by atoms with Crippen LogP contribution < -0.4 is 5.73 Å². The van der Waals surface area contributed by atoms with Gasteiger partial charge in [-0.25, -0.2) is 0 Å². The van der Waals surface area contributed by atoms with Crippen molar-refractivity contribution in [2.75, 3.05) is 6.54 Å². The monoisotopic (exact) mass is 302 g/mol. The number of hydrogen-bond donors (Lipinski definition) is 1. The first-order chi connectivity index (χ1) is 10.1. The highest BCUT2D eigenvalue weighted by Gasteiger charge is 2.25.